The van der Waals surface area contributed by atoms with Gasteiger partial charge in [-0.15, -0.1) is 0 Å². The van der Waals surface area contributed by atoms with E-state index < -0.39 is 0 Å². The highest BCUT2D eigenvalue weighted by Gasteiger charge is 2.51. The first-order valence-corrected chi connectivity index (χ1v) is 19.5. The van der Waals surface area contributed by atoms with Gasteiger partial charge in [-0.2, -0.15) is 0 Å². The van der Waals surface area contributed by atoms with Gasteiger partial charge >= 0.3 is 0 Å². The maximum absolute atomic E-state index is 5.76. The molecule has 1 aromatic heterocycles. The average molecular weight is 633 g/mol. The molecule has 246 valence electrons. The molecule has 2 heteroatoms. The van der Waals surface area contributed by atoms with Crippen LogP contribution in [0.5, 0.6) is 0 Å². The van der Waals surface area contributed by atoms with E-state index in [1.807, 2.05) is 0 Å². The number of rotatable bonds is 5. The van der Waals surface area contributed by atoms with Crippen molar-refractivity contribution in [2.24, 2.45) is 35.5 Å². The normalized spacial score (nSPS) is 31.6. The van der Waals surface area contributed by atoms with E-state index in [0.717, 1.165) is 29.1 Å². The van der Waals surface area contributed by atoms with Crippen molar-refractivity contribution in [2.45, 2.75) is 103 Å². The summed E-state index contributed by atoms with van der Waals surface area (Å²) in [6.45, 7) is 4.85. The van der Waals surface area contributed by atoms with Crippen LogP contribution in [0.15, 0.2) is 107 Å². The molecule has 6 unspecified atom stereocenters. The molecule has 0 N–H and O–H groups in total. The molecule has 3 aromatic rings. The van der Waals surface area contributed by atoms with Crippen LogP contribution in [-0.2, 0) is 0 Å². The van der Waals surface area contributed by atoms with Gasteiger partial charge in [0.05, 0.1) is 22.8 Å². The first kappa shape index (κ1) is 30.5. The number of benzene rings is 2. The Morgan fingerprint density at radius 1 is 0.604 bits per heavy atom. The van der Waals surface area contributed by atoms with Crippen molar-refractivity contribution >= 4 is 0 Å². The van der Waals surface area contributed by atoms with E-state index in [4.69, 9.17) is 9.97 Å². The highest BCUT2D eigenvalue weighted by atomic mass is 14.9. The fourth-order valence-corrected chi connectivity index (χ4v) is 11.1. The maximum Gasteiger partial charge on any atom is 0.0968 e. The molecule has 1 heterocycles. The topological polar surface area (TPSA) is 25.8 Å². The second kappa shape index (κ2) is 12.7. The Morgan fingerprint density at radius 3 is 1.96 bits per heavy atom. The standard InChI is InChI=1S/C46H52N2/c1-29-21-22-37-39(25-29)38-24-23-36(40-26-30(2)27-41(37)42(38)40)34-19-12-20-35(28-34)46-45(33-17-10-5-11-18-33)47-43(31-13-6-3-7-14-31)44(48-46)32-15-8-4-9-16-32/h3-4,6-9,13-16,23-24,26-27,29,33-35,37-39,42H,5,10-12,17-22,25,28H2,1-2H3/t29?,34?,35?,37?,38?,39-,42?/m1/s1. The molecule has 0 spiro atoms. The van der Waals surface area contributed by atoms with E-state index in [2.05, 4.69) is 98.8 Å². The largest absolute Gasteiger partial charge is 0.248 e. The predicted molar refractivity (Wildman–Crippen MR) is 198 cm³/mol. The quantitative estimate of drug-likeness (QED) is 0.280. The van der Waals surface area contributed by atoms with Crippen LogP contribution in [0.1, 0.15) is 114 Å². The Hall–Kier alpha value is -3.52. The van der Waals surface area contributed by atoms with Crippen molar-refractivity contribution < 1.29 is 0 Å². The van der Waals surface area contributed by atoms with Gasteiger partial charge in [0.1, 0.15) is 0 Å². The van der Waals surface area contributed by atoms with Gasteiger partial charge in [-0.1, -0.05) is 135 Å². The average Bonchev–Trinajstić information content (AvgIpc) is 3.45. The summed E-state index contributed by atoms with van der Waals surface area (Å²) in [7, 11) is 0. The number of hydrogen-bond donors (Lipinski definition) is 0. The highest BCUT2D eigenvalue weighted by Crippen LogP contribution is 2.60. The van der Waals surface area contributed by atoms with E-state index in [1.165, 1.54) is 105 Å². The lowest BCUT2D eigenvalue weighted by Gasteiger charge is -2.37. The Balaban J connectivity index is 1.12. The van der Waals surface area contributed by atoms with Gasteiger partial charge in [-0.05, 0) is 92.6 Å². The molecular weight excluding hydrogens is 581 g/mol. The number of allylic oxidation sites excluding steroid dienone is 8. The maximum atomic E-state index is 5.76. The molecule has 2 nitrogen and oxygen atoms in total. The summed E-state index contributed by atoms with van der Waals surface area (Å²) in [5.74, 6) is 5.40. The molecule has 0 bridgehead atoms. The molecule has 4 saturated carbocycles. The minimum absolute atomic E-state index is 0.454. The van der Waals surface area contributed by atoms with Crippen LogP contribution < -0.4 is 0 Å². The van der Waals surface area contributed by atoms with Gasteiger partial charge in [-0.3, -0.25) is 0 Å². The summed E-state index contributed by atoms with van der Waals surface area (Å²) >= 11 is 0. The molecule has 0 radical (unpaired) electrons. The number of aromatic nitrogens is 2. The van der Waals surface area contributed by atoms with Crippen LogP contribution in [-0.4, -0.2) is 9.97 Å². The summed E-state index contributed by atoms with van der Waals surface area (Å²) in [5.41, 5.74) is 13.7. The monoisotopic (exact) mass is 632 g/mol. The molecule has 7 atom stereocenters. The Bertz CT molecular complexity index is 1790. The summed E-state index contributed by atoms with van der Waals surface area (Å²) in [6, 6.07) is 21.7. The second-order valence-electron chi connectivity index (χ2n) is 16.4. The van der Waals surface area contributed by atoms with E-state index in [-0.39, 0.29) is 0 Å². The lowest BCUT2D eigenvalue weighted by atomic mass is 9.67. The number of fused-ring (bicyclic) bond motifs is 3. The Kier molecular flexibility index (Phi) is 8.10. The number of nitrogens with zero attached hydrogens (tertiary/aromatic N) is 2. The molecular formula is C46H52N2. The van der Waals surface area contributed by atoms with Gasteiger partial charge < -0.3 is 0 Å². The summed E-state index contributed by atoms with van der Waals surface area (Å²) in [4.78, 5) is 11.5. The zero-order valence-corrected chi connectivity index (χ0v) is 29.1. The van der Waals surface area contributed by atoms with Crippen LogP contribution >= 0.6 is 0 Å². The zero-order valence-electron chi connectivity index (χ0n) is 29.1. The SMILES string of the molecule is CC1=CC2=C(C3CCCC(c4nc(-c5ccccc5)c(-c5ccccc5)nc4C4CCCCC4)C3)C=CC3C2C(=C1)C1CCC(C)C[C@H]13. The van der Waals surface area contributed by atoms with Gasteiger partial charge in [0.15, 0.2) is 0 Å². The van der Waals surface area contributed by atoms with E-state index in [1.54, 1.807) is 16.7 Å². The second-order valence-corrected chi connectivity index (χ2v) is 16.4. The lowest BCUT2D eigenvalue weighted by Crippen LogP contribution is -2.26. The van der Waals surface area contributed by atoms with E-state index in [9.17, 15) is 0 Å². The minimum Gasteiger partial charge on any atom is -0.248 e. The van der Waals surface area contributed by atoms with Gasteiger partial charge in [0.2, 0.25) is 0 Å². The van der Waals surface area contributed by atoms with E-state index in [0.29, 0.717) is 29.6 Å². The van der Waals surface area contributed by atoms with Crippen LogP contribution in [0.3, 0.4) is 0 Å². The molecule has 0 amide bonds. The molecule has 2 aromatic carbocycles. The summed E-state index contributed by atoms with van der Waals surface area (Å²) in [5, 5.41) is 0. The fourth-order valence-electron chi connectivity index (χ4n) is 11.1. The summed E-state index contributed by atoms with van der Waals surface area (Å²) in [6.07, 6.45) is 26.2. The van der Waals surface area contributed by atoms with Gasteiger partial charge in [0.25, 0.3) is 0 Å². The first-order chi connectivity index (χ1) is 23.6. The first-order valence-electron chi connectivity index (χ1n) is 19.5. The fraction of sp³-hybridized carbons (Fsp3) is 0.478. The van der Waals surface area contributed by atoms with Crippen LogP contribution in [0.4, 0.5) is 0 Å². The third-order valence-electron chi connectivity index (χ3n) is 13.3. The third-order valence-corrected chi connectivity index (χ3v) is 13.3. The van der Waals surface area contributed by atoms with Crippen molar-refractivity contribution in [3.05, 3.63) is 119 Å². The zero-order chi connectivity index (χ0) is 32.2. The highest BCUT2D eigenvalue weighted by molar-refractivity contribution is 5.78. The van der Waals surface area contributed by atoms with Crippen molar-refractivity contribution in [3.8, 4) is 22.5 Å². The molecule has 6 aliphatic carbocycles. The van der Waals surface area contributed by atoms with Crippen molar-refractivity contribution in [1.29, 1.82) is 0 Å². The van der Waals surface area contributed by atoms with Gasteiger partial charge in [-0.25, -0.2) is 9.97 Å². The third kappa shape index (κ3) is 5.39. The van der Waals surface area contributed by atoms with E-state index >= 15 is 0 Å². The Labute approximate surface area is 288 Å². The molecule has 48 heavy (non-hydrogen) atoms. The smallest absolute Gasteiger partial charge is 0.0968 e. The van der Waals surface area contributed by atoms with Crippen molar-refractivity contribution in [1.82, 2.24) is 9.97 Å². The molecule has 9 rings (SSSR count). The van der Waals surface area contributed by atoms with Crippen molar-refractivity contribution in [2.75, 3.05) is 0 Å². The van der Waals surface area contributed by atoms with Crippen LogP contribution in [0.2, 0.25) is 0 Å². The minimum atomic E-state index is 0.454. The van der Waals surface area contributed by atoms with Gasteiger partial charge in [0, 0.05) is 28.9 Å². The van der Waals surface area contributed by atoms with Crippen molar-refractivity contribution in [3.63, 3.8) is 0 Å². The summed E-state index contributed by atoms with van der Waals surface area (Å²) < 4.78 is 0. The lowest BCUT2D eigenvalue weighted by molar-refractivity contribution is 0.207. The molecule has 6 aliphatic rings. The molecule has 0 aliphatic heterocycles. The van der Waals surface area contributed by atoms with Crippen LogP contribution in [0, 0.1) is 35.5 Å². The Morgan fingerprint density at radius 2 is 1.25 bits per heavy atom. The predicted octanol–water partition coefficient (Wildman–Crippen LogP) is 12.2. The van der Waals surface area contributed by atoms with Crippen LogP contribution in [0.25, 0.3) is 22.5 Å². The number of hydrogen-bond acceptors (Lipinski definition) is 2. The molecule has 4 fully saturated rings. The molecule has 0 saturated heterocycles.